The molecule has 1 fully saturated rings. The highest BCUT2D eigenvalue weighted by Gasteiger charge is 2.21. The van der Waals surface area contributed by atoms with Gasteiger partial charge in [-0.25, -0.2) is 4.98 Å². The van der Waals surface area contributed by atoms with E-state index in [1.165, 1.54) is 12.7 Å². The number of likely N-dealkylation sites (N-methyl/N-ethyl adjacent to an activating group) is 1. The van der Waals surface area contributed by atoms with Gasteiger partial charge in [-0.1, -0.05) is 0 Å². The molecule has 1 aromatic rings. The first kappa shape index (κ1) is 11.8. The highest BCUT2D eigenvalue weighted by atomic mass is 127. The molecule has 2 N–H and O–H groups in total. The van der Waals surface area contributed by atoms with Crippen molar-refractivity contribution in [3.63, 3.8) is 0 Å². The molecule has 5 nitrogen and oxygen atoms in total. The minimum atomic E-state index is -0.0683. The van der Waals surface area contributed by atoms with Gasteiger partial charge >= 0.3 is 0 Å². The largest absolute Gasteiger partial charge is 0.354 e. The van der Waals surface area contributed by atoms with Crippen LogP contribution in [-0.4, -0.2) is 36.1 Å². The number of piperidine rings is 1. The zero-order valence-electron chi connectivity index (χ0n) is 9.16. The van der Waals surface area contributed by atoms with Crippen LogP contribution in [0.25, 0.3) is 0 Å². The summed E-state index contributed by atoms with van der Waals surface area (Å²) < 4.78 is 0.660. The maximum Gasteiger partial charge on any atom is 0.266 e. The van der Waals surface area contributed by atoms with E-state index >= 15 is 0 Å². The first-order valence-electron chi connectivity index (χ1n) is 5.37. The molecule has 1 aliphatic heterocycles. The Kier molecular flexibility index (Phi) is 3.80. The molecule has 1 aromatic heterocycles. The zero-order valence-corrected chi connectivity index (χ0v) is 11.3. The number of aromatic nitrogens is 2. The molecular weight excluding hydrogens is 319 g/mol. The Labute approximate surface area is 108 Å². The molecule has 0 aliphatic carbocycles. The number of aromatic amines is 1. The van der Waals surface area contributed by atoms with Crippen LogP contribution < -0.4 is 15.8 Å². The first-order chi connectivity index (χ1) is 7.70. The van der Waals surface area contributed by atoms with Crippen molar-refractivity contribution in [1.82, 2.24) is 15.3 Å². The van der Waals surface area contributed by atoms with Gasteiger partial charge in [0.1, 0.15) is 9.39 Å². The molecule has 2 heterocycles. The van der Waals surface area contributed by atoms with Gasteiger partial charge in [-0.15, -0.1) is 0 Å². The lowest BCUT2D eigenvalue weighted by Gasteiger charge is -2.32. The Bertz CT molecular complexity index is 414. The van der Waals surface area contributed by atoms with Crippen LogP contribution in [0.15, 0.2) is 11.1 Å². The molecule has 88 valence electrons. The van der Waals surface area contributed by atoms with E-state index in [1.54, 1.807) is 0 Å². The average molecular weight is 334 g/mol. The summed E-state index contributed by atoms with van der Waals surface area (Å²) in [5, 5.41) is 3.36. The van der Waals surface area contributed by atoms with Gasteiger partial charge in [0.05, 0.1) is 6.33 Å². The van der Waals surface area contributed by atoms with Crippen LogP contribution in [0.4, 0.5) is 5.82 Å². The third-order valence-electron chi connectivity index (χ3n) is 2.93. The molecule has 0 aromatic carbocycles. The number of rotatable bonds is 2. The zero-order chi connectivity index (χ0) is 11.5. The van der Waals surface area contributed by atoms with E-state index in [2.05, 4.69) is 20.2 Å². The number of anilines is 1. The smallest absolute Gasteiger partial charge is 0.266 e. The van der Waals surface area contributed by atoms with Gasteiger partial charge in [0.25, 0.3) is 5.56 Å². The van der Waals surface area contributed by atoms with Crippen molar-refractivity contribution in [3.05, 3.63) is 20.3 Å². The predicted octanol–water partition coefficient (Wildman–Crippen LogP) is 0.563. The minimum absolute atomic E-state index is 0.0683. The van der Waals surface area contributed by atoms with Crippen molar-refractivity contribution in [2.24, 2.45) is 0 Å². The van der Waals surface area contributed by atoms with Crippen molar-refractivity contribution in [2.45, 2.75) is 18.9 Å². The quantitative estimate of drug-likeness (QED) is 0.776. The molecule has 1 atom stereocenters. The Morgan fingerprint density at radius 1 is 1.62 bits per heavy atom. The van der Waals surface area contributed by atoms with E-state index < -0.39 is 0 Å². The molecular formula is C10H15IN4O. The highest BCUT2D eigenvalue weighted by molar-refractivity contribution is 14.1. The molecule has 16 heavy (non-hydrogen) atoms. The molecule has 6 heteroatoms. The fourth-order valence-electron chi connectivity index (χ4n) is 1.96. The third kappa shape index (κ3) is 2.37. The van der Waals surface area contributed by atoms with Crippen LogP contribution >= 0.6 is 22.6 Å². The maximum absolute atomic E-state index is 11.5. The van der Waals surface area contributed by atoms with E-state index in [0.29, 0.717) is 9.61 Å². The Morgan fingerprint density at radius 2 is 2.44 bits per heavy atom. The second-order valence-corrected chi connectivity index (χ2v) is 5.06. The molecule has 1 unspecified atom stereocenters. The van der Waals surface area contributed by atoms with Crippen molar-refractivity contribution in [3.8, 4) is 0 Å². The Morgan fingerprint density at radius 3 is 3.12 bits per heavy atom. The lowest BCUT2D eigenvalue weighted by Crippen LogP contribution is -2.45. The van der Waals surface area contributed by atoms with E-state index in [4.69, 9.17) is 0 Å². The highest BCUT2D eigenvalue weighted by Crippen LogP contribution is 2.19. The molecule has 0 saturated carbocycles. The van der Waals surface area contributed by atoms with E-state index in [0.717, 1.165) is 25.3 Å². The number of nitrogens with zero attached hydrogens (tertiary/aromatic N) is 2. The topological polar surface area (TPSA) is 61.0 Å². The van der Waals surface area contributed by atoms with Gasteiger partial charge in [-0.05, 0) is 42.0 Å². The summed E-state index contributed by atoms with van der Waals surface area (Å²) in [7, 11) is 2.00. The second-order valence-electron chi connectivity index (χ2n) is 3.98. The number of halogens is 1. The monoisotopic (exact) mass is 334 g/mol. The summed E-state index contributed by atoms with van der Waals surface area (Å²) in [6.45, 7) is 2.05. The summed E-state index contributed by atoms with van der Waals surface area (Å²) in [6, 6.07) is 0.427. The third-order valence-corrected chi connectivity index (χ3v) is 3.90. The summed E-state index contributed by atoms with van der Waals surface area (Å²) in [4.78, 5) is 20.4. The van der Waals surface area contributed by atoms with Crippen LogP contribution in [0.2, 0.25) is 0 Å². The van der Waals surface area contributed by atoms with Gasteiger partial charge in [-0.3, -0.25) is 4.79 Å². The molecule has 0 amide bonds. The van der Waals surface area contributed by atoms with Gasteiger partial charge in [0.2, 0.25) is 0 Å². The van der Waals surface area contributed by atoms with Crippen molar-refractivity contribution in [2.75, 3.05) is 25.0 Å². The van der Waals surface area contributed by atoms with Crippen LogP contribution in [0.1, 0.15) is 12.8 Å². The fraction of sp³-hybridized carbons (Fsp3) is 0.600. The summed E-state index contributed by atoms with van der Waals surface area (Å²) in [5.41, 5.74) is -0.0683. The van der Waals surface area contributed by atoms with E-state index in [9.17, 15) is 4.79 Å². The average Bonchev–Trinajstić information content (AvgIpc) is 2.33. The maximum atomic E-state index is 11.5. The van der Waals surface area contributed by atoms with Gasteiger partial charge in [0.15, 0.2) is 0 Å². The van der Waals surface area contributed by atoms with Crippen molar-refractivity contribution >= 4 is 28.4 Å². The molecule has 0 bridgehead atoms. The van der Waals surface area contributed by atoms with Crippen molar-refractivity contribution in [1.29, 1.82) is 0 Å². The molecule has 1 aliphatic rings. The predicted molar refractivity (Wildman–Crippen MR) is 71.9 cm³/mol. The number of hydrogen-bond acceptors (Lipinski definition) is 4. The Hall–Kier alpha value is -0.630. The fourth-order valence-corrected chi connectivity index (χ4v) is 2.63. The minimum Gasteiger partial charge on any atom is -0.354 e. The summed E-state index contributed by atoms with van der Waals surface area (Å²) in [5.74, 6) is 0.776. The Balaban J connectivity index is 2.22. The number of nitrogens with one attached hydrogen (secondary N) is 2. The number of H-pyrrole nitrogens is 1. The molecule has 1 saturated heterocycles. The van der Waals surface area contributed by atoms with Gasteiger partial charge in [-0.2, -0.15) is 0 Å². The molecule has 0 radical (unpaired) electrons. The lowest BCUT2D eigenvalue weighted by atomic mass is 10.1. The molecule has 2 rings (SSSR count). The van der Waals surface area contributed by atoms with Crippen LogP contribution in [0.5, 0.6) is 0 Å². The van der Waals surface area contributed by atoms with Gasteiger partial charge < -0.3 is 15.2 Å². The van der Waals surface area contributed by atoms with Crippen LogP contribution in [0.3, 0.4) is 0 Å². The number of hydrogen-bond donors (Lipinski definition) is 2. The van der Waals surface area contributed by atoms with Crippen molar-refractivity contribution < 1.29 is 0 Å². The van der Waals surface area contributed by atoms with Gasteiger partial charge in [0, 0.05) is 19.6 Å². The molecule has 0 spiro atoms. The SMILES string of the molecule is CN(c1nc[nH]c(=O)c1I)C1CCCNC1. The first-order valence-corrected chi connectivity index (χ1v) is 6.44. The lowest BCUT2D eigenvalue weighted by molar-refractivity contribution is 0.443. The van der Waals surface area contributed by atoms with E-state index in [1.807, 2.05) is 29.6 Å². The van der Waals surface area contributed by atoms with E-state index in [-0.39, 0.29) is 5.56 Å². The normalized spacial score (nSPS) is 20.8. The standard InChI is InChI=1S/C10H15IN4O/c1-15(7-3-2-4-12-5-7)9-8(11)10(16)14-6-13-9/h6-7,12H,2-5H2,1H3,(H,13,14,16). The van der Waals surface area contributed by atoms with Crippen LogP contribution in [-0.2, 0) is 0 Å². The second kappa shape index (κ2) is 5.13. The summed E-state index contributed by atoms with van der Waals surface area (Å²) >= 11 is 2.05. The van der Waals surface area contributed by atoms with Crippen LogP contribution in [0, 0.1) is 3.57 Å². The summed E-state index contributed by atoms with van der Waals surface area (Å²) in [6.07, 6.45) is 3.79.